The Hall–Kier alpha value is -3.20. The number of fused-ring (bicyclic) bond motifs is 2. The summed E-state index contributed by atoms with van der Waals surface area (Å²) in [5.41, 5.74) is 10.5. The smallest absolute Gasteiger partial charge is 0.00147 e. The van der Waals surface area contributed by atoms with Gasteiger partial charge in [0.05, 0.1) is 0 Å². The molecule has 4 aromatic carbocycles. The second kappa shape index (κ2) is 7.74. The molecule has 0 aliphatic carbocycles. The van der Waals surface area contributed by atoms with E-state index >= 15 is 0 Å². The first-order valence-electron chi connectivity index (χ1n) is 10.8. The van der Waals surface area contributed by atoms with Crippen molar-refractivity contribution in [3.8, 4) is 33.4 Å². The average molecular weight is 447 g/mol. The first kappa shape index (κ1) is 19.5. The zero-order valence-corrected chi connectivity index (χ0v) is 19.7. The van der Waals surface area contributed by atoms with Crippen LogP contribution in [0.2, 0.25) is 0 Å². The fraction of sp³-hybridized carbons (Fsp3) is 0.0667. The summed E-state index contributed by atoms with van der Waals surface area (Å²) in [6.45, 7) is 4.47. The Morgan fingerprint density at radius 2 is 0.938 bits per heavy atom. The maximum Gasteiger partial charge on any atom is -0.00147 e. The lowest BCUT2D eigenvalue weighted by molar-refractivity contribution is 1.45. The van der Waals surface area contributed by atoms with Crippen molar-refractivity contribution >= 4 is 44.2 Å². The molecule has 0 fully saturated rings. The van der Waals surface area contributed by atoms with Crippen molar-refractivity contribution in [2.45, 2.75) is 13.8 Å². The van der Waals surface area contributed by atoms with Crippen molar-refractivity contribution in [3.05, 3.63) is 105 Å². The molecule has 0 aliphatic rings. The third kappa shape index (κ3) is 3.19. The highest BCUT2D eigenvalue weighted by atomic mass is 32.1. The van der Waals surface area contributed by atoms with Crippen molar-refractivity contribution in [1.29, 1.82) is 0 Å². The molecule has 2 aromatic heterocycles. The standard InChI is InChI=1S/C30H22S2/c1-19-3-5-23-15-21(25-11-13-31-17-25)7-9-27(23)29(19)30-20(2)4-6-24-16-22(8-10-28(24)30)26-12-14-32-18-26/h3-18H,1-2H3. The second-order valence-electron chi connectivity index (χ2n) is 8.41. The lowest BCUT2D eigenvalue weighted by atomic mass is 9.87. The van der Waals surface area contributed by atoms with Crippen molar-refractivity contribution in [2.75, 3.05) is 0 Å². The van der Waals surface area contributed by atoms with E-state index in [1.54, 1.807) is 22.7 Å². The molecular weight excluding hydrogens is 424 g/mol. The van der Waals surface area contributed by atoms with E-state index in [4.69, 9.17) is 0 Å². The van der Waals surface area contributed by atoms with Gasteiger partial charge in [0.25, 0.3) is 0 Å². The van der Waals surface area contributed by atoms with Gasteiger partial charge in [-0.25, -0.2) is 0 Å². The molecular formula is C30H22S2. The van der Waals surface area contributed by atoms with E-state index in [1.807, 2.05) is 0 Å². The minimum absolute atomic E-state index is 1.28. The van der Waals surface area contributed by atoms with Crippen molar-refractivity contribution in [3.63, 3.8) is 0 Å². The van der Waals surface area contributed by atoms with E-state index in [0.717, 1.165) is 0 Å². The van der Waals surface area contributed by atoms with Gasteiger partial charge in [0, 0.05) is 0 Å². The summed E-state index contributed by atoms with van der Waals surface area (Å²) in [7, 11) is 0. The number of aryl methyl sites for hydroxylation is 2. The Kier molecular flexibility index (Phi) is 4.71. The van der Waals surface area contributed by atoms with Gasteiger partial charge in [-0.15, -0.1) is 0 Å². The van der Waals surface area contributed by atoms with Crippen LogP contribution in [0.5, 0.6) is 0 Å². The molecule has 0 unspecified atom stereocenters. The average Bonchev–Trinajstić information content (AvgIpc) is 3.54. The summed E-state index contributed by atoms with van der Waals surface area (Å²) in [6, 6.07) is 27.3. The Morgan fingerprint density at radius 3 is 1.34 bits per heavy atom. The molecule has 0 saturated carbocycles. The number of hydrogen-bond donors (Lipinski definition) is 0. The molecule has 0 aliphatic heterocycles. The summed E-state index contributed by atoms with van der Waals surface area (Å²) in [5.74, 6) is 0. The van der Waals surface area contributed by atoms with Crippen LogP contribution >= 0.6 is 22.7 Å². The van der Waals surface area contributed by atoms with Gasteiger partial charge in [-0.1, -0.05) is 48.5 Å². The maximum absolute atomic E-state index is 2.33. The SMILES string of the molecule is Cc1ccc2cc(-c3ccsc3)ccc2c1-c1c(C)ccc2cc(-c3ccsc3)ccc12. The van der Waals surface area contributed by atoms with Crippen molar-refractivity contribution in [1.82, 2.24) is 0 Å². The molecule has 32 heavy (non-hydrogen) atoms. The lowest BCUT2D eigenvalue weighted by Gasteiger charge is -2.17. The lowest BCUT2D eigenvalue weighted by Crippen LogP contribution is -1.92. The fourth-order valence-electron chi connectivity index (χ4n) is 4.76. The van der Waals surface area contributed by atoms with Crippen LogP contribution in [0.1, 0.15) is 11.1 Å². The van der Waals surface area contributed by atoms with E-state index in [0.29, 0.717) is 0 Å². The number of thiophene rings is 2. The van der Waals surface area contributed by atoms with Crippen LogP contribution in [0.25, 0.3) is 54.9 Å². The summed E-state index contributed by atoms with van der Waals surface area (Å²) in [5, 5.41) is 13.9. The van der Waals surface area contributed by atoms with Crippen LogP contribution in [0.3, 0.4) is 0 Å². The molecule has 0 radical (unpaired) electrons. The monoisotopic (exact) mass is 446 g/mol. The summed E-state index contributed by atoms with van der Waals surface area (Å²) in [4.78, 5) is 0. The number of rotatable bonds is 3. The van der Waals surface area contributed by atoms with E-state index in [2.05, 4.69) is 108 Å². The normalized spacial score (nSPS) is 11.4. The molecule has 6 rings (SSSR count). The van der Waals surface area contributed by atoms with Gasteiger partial charge in [-0.3, -0.25) is 0 Å². The van der Waals surface area contributed by atoms with Gasteiger partial charge in [0.15, 0.2) is 0 Å². The minimum Gasteiger partial charge on any atom is -0.152 e. The van der Waals surface area contributed by atoms with Crippen LogP contribution < -0.4 is 0 Å². The van der Waals surface area contributed by atoms with Gasteiger partial charge in [-0.05, 0) is 126 Å². The highest BCUT2D eigenvalue weighted by molar-refractivity contribution is 7.08. The molecule has 0 atom stereocenters. The molecule has 0 nitrogen and oxygen atoms in total. The van der Waals surface area contributed by atoms with E-state index in [-0.39, 0.29) is 0 Å². The molecule has 6 aromatic rings. The predicted molar refractivity (Wildman–Crippen MR) is 143 cm³/mol. The third-order valence-corrected chi connectivity index (χ3v) is 7.78. The van der Waals surface area contributed by atoms with Gasteiger partial charge in [0.1, 0.15) is 0 Å². The summed E-state index contributed by atoms with van der Waals surface area (Å²) < 4.78 is 0. The van der Waals surface area contributed by atoms with Crippen LogP contribution in [0.4, 0.5) is 0 Å². The molecule has 0 amide bonds. The molecule has 2 heterocycles. The molecule has 154 valence electrons. The first-order chi connectivity index (χ1) is 15.7. The van der Waals surface area contributed by atoms with Gasteiger partial charge in [0.2, 0.25) is 0 Å². The van der Waals surface area contributed by atoms with E-state index in [9.17, 15) is 0 Å². The van der Waals surface area contributed by atoms with Crippen LogP contribution in [-0.2, 0) is 0 Å². The summed E-state index contributed by atoms with van der Waals surface area (Å²) >= 11 is 3.49. The number of hydrogen-bond acceptors (Lipinski definition) is 2. The van der Waals surface area contributed by atoms with Crippen LogP contribution in [-0.4, -0.2) is 0 Å². The molecule has 0 spiro atoms. The van der Waals surface area contributed by atoms with Gasteiger partial charge >= 0.3 is 0 Å². The highest BCUT2D eigenvalue weighted by Crippen LogP contribution is 2.40. The largest absolute Gasteiger partial charge is 0.152 e. The third-order valence-electron chi connectivity index (χ3n) is 6.42. The van der Waals surface area contributed by atoms with E-state index in [1.165, 1.54) is 66.1 Å². The van der Waals surface area contributed by atoms with Gasteiger partial charge < -0.3 is 0 Å². The second-order valence-corrected chi connectivity index (χ2v) is 9.97. The zero-order valence-electron chi connectivity index (χ0n) is 18.1. The topological polar surface area (TPSA) is 0 Å². The van der Waals surface area contributed by atoms with Crippen LogP contribution in [0, 0.1) is 13.8 Å². The van der Waals surface area contributed by atoms with Crippen molar-refractivity contribution in [2.24, 2.45) is 0 Å². The fourth-order valence-corrected chi connectivity index (χ4v) is 6.09. The first-order valence-corrected chi connectivity index (χ1v) is 12.7. The Labute approximate surface area is 196 Å². The molecule has 0 saturated heterocycles. The zero-order chi connectivity index (χ0) is 21.7. The molecule has 0 bridgehead atoms. The molecule has 2 heteroatoms. The molecule has 0 N–H and O–H groups in total. The summed E-state index contributed by atoms with van der Waals surface area (Å²) in [6.07, 6.45) is 0. The van der Waals surface area contributed by atoms with Gasteiger partial charge in [-0.2, -0.15) is 22.7 Å². The van der Waals surface area contributed by atoms with E-state index < -0.39 is 0 Å². The number of benzene rings is 4. The van der Waals surface area contributed by atoms with Crippen molar-refractivity contribution < 1.29 is 0 Å². The quantitative estimate of drug-likeness (QED) is 0.254. The predicted octanol–water partition coefficient (Wildman–Crippen LogP) is 9.73. The Bertz CT molecular complexity index is 1450. The maximum atomic E-state index is 2.33. The highest BCUT2D eigenvalue weighted by Gasteiger charge is 2.15. The minimum atomic E-state index is 1.28. The van der Waals surface area contributed by atoms with Crippen LogP contribution in [0.15, 0.2) is 94.3 Å². The Balaban J connectivity index is 1.60. The Morgan fingerprint density at radius 1 is 0.469 bits per heavy atom.